The molecule has 7 heteroatoms. The number of aromatic nitrogens is 1. The van der Waals surface area contributed by atoms with Crippen molar-refractivity contribution in [2.75, 3.05) is 17.7 Å². The Balaban J connectivity index is 2.36. The first-order chi connectivity index (χ1) is 9.79. The smallest absolute Gasteiger partial charge is 0.373 e. The van der Waals surface area contributed by atoms with Gasteiger partial charge in [0.1, 0.15) is 17.5 Å². The predicted octanol–water partition coefficient (Wildman–Crippen LogP) is 4.33. The van der Waals surface area contributed by atoms with Crippen LogP contribution in [0.25, 0.3) is 0 Å². The molecule has 2 N–H and O–H groups in total. The van der Waals surface area contributed by atoms with Crippen LogP contribution in [0.4, 0.5) is 34.9 Å². The Hall–Kier alpha value is -2.31. The first-order valence-electron chi connectivity index (χ1n) is 6.10. The number of nitrogens with zero attached hydrogens (tertiary/aromatic N) is 1. The van der Waals surface area contributed by atoms with E-state index >= 15 is 0 Å². The number of anilines is 3. The van der Waals surface area contributed by atoms with E-state index in [0.717, 1.165) is 12.1 Å². The molecule has 2 rings (SSSR count). The minimum absolute atomic E-state index is 0.0163. The molecule has 0 unspecified atom stereocenters. The van der Waals surface area contributed by atoms with Crippen LogP contribution in [0.3, 0.4) is 0 Å². The SMILES string of the molecule is CNc1cc(C(F)(F)F)cc(Nc2ccc(C)c(F)c2)n1. The summed E-state index contributed by atoms with van der Waals surface area (Å²) in [5.74, 6) is -0.391. The topological polar surface area (TPSA) is 37.0 Å². The van der Waals surface area contributed by atoms with Crippen molar-refractivity contribution in [3.63, 3.8) is 0 Å². The lowest BCUT2D eigenvalue weighted by atomic mass is 10.2. The molecule has 0 atom stereocenters. The van der Waals surface area contributed by atoms with Crippen molar-refractivity contribution in [3.05, 3.63) is 47.3 Å². The molecule has 21 heavy (non-hydrogen) atoms. The summed E-state index contributed by atoms with van der Waals surface area (Å²) < 4.78 is 51.8. The van der Waals surface area contributed by atoms with E-state index in [9.17, 15) is 17.6 Å². The van der Waals surface area contributed by atoms with Gasteiger partial charge in [-0.1, -0.05) is 6.07 Å². The van der Waals surface area contributed by atoms with Crippen molar-refractivity contribution >= 4 is 17.3 Å². The van der Waals surface area contributed by atoms with Crippen LogP contribution in [-0.4, -0.2) is 12.0 Å². The molecular weight excluding hydrogens is 286 g/mol. The second-order valence-electron chi connectivity index (χ2n) is 4.46. The number of pyridine rings is 1. The third-order valence-corrected chi connectivity index (χ3v) is 2.85. The first-order valence-corrected chi connectivity index (χ1v) is 6.10. The predicted molar refractivity (Wildman–Crippen MR) is 73.2 cm³/mol. The Kier molecular flexibility index (Phi) is 4.02. The van der Waals surface area contributed by atoms with Gasteiger partial charge in [-0.25, -0.2) is 9.37 Å². The molecule has 0 saturated carbocycles. The second kappa shape index (κ2) is 5.59. The molecule has 0 bridgehead atoms. The molecule has 0 aliphatic heterocycles. The molecule has 0 saturated heterocycles. The van der Waals surface area contributed by atoms with Crippen molar-refractivity contribution in [2.24, 2.45) is 0 Å². The maximum absolute atomic E-state index is 13.4. The lowest BCUT2D eigenvalue weighted by molar-refractivity contribution is -0.137. The second-order valence-corrected chi connectivity index (χ2v) is 4.46. The van der Waals surface area contributed by atoms with Crippen LogP contribution in [0.2, 0.25) is 0 Å². The number of hydrogen-bond donors (Lipinski definition) is 2. The molecule has 112 valence electrons. The average molecular weight is 299 g/mol. The van der Waals surface area contributed by atoms with Crippen LogP contribution in [0.5, 0.6) is 0 Å². The molecule has 0 fully saturated rings. The fourth-order valence-corrected chi connectivity index (χ4v) is 1.70. The molecule has 1 aromatic carbocycles. The molecule has 0 amide bonds. The summed E-state index contributed by atoms with van der Waals surface area (Å²) in [6.07, 6.45) is -4.48. The Labute approximate surface area is 119 Å². The number of halogens is 4. The molecule has 1 heterocycles. The van der Waals surface area contributed by atoms with Gasteiger partial charge in [0, 0.05) is 12.7 Å². The Bertz CT molecular complexity index is 653. The average Bonchev–Trinajstić information content (AvgIpc) is 2.41. The van der Waals surface area contributed by atoms with E-state index in [4.69, 9.17) is 0 Å². The van der Waals surface area contributed by atoms with E-state index in [-0.39, 0.29) is 11.6 Å². The fourth-order valence-electron chi connectivity index (χ4n) is 1.70. The van der Waals surface area contributed by atoms with Crippen molar-refractivity contribution in [1.29, 1.82) is 0 Å². The summed E-state index contributed by atoms with van der Waals surface area (Å²) in [5, 5.41) is 5.23. The highest BCUT2D eigenvalue weighted by molar-refractivity contribution is 5.60. The molecule has 0 spiro atoms. The highest BCUT2D eigenvalue weighted by Crippen LogP contribution is 2.32. The Morgan fingerprint density at radius 3 is 2.29 bits per heavy atom. The maximum atomic E-state index is 13.4. The van der Waals surface area contributed by atoms with Crippen LogP contribution < -0.4 is 10.6 Å². The van der Waals surface area contributed by atoms with Crippen LogP contribution in [0.15, 0.2) is 30.3 Å². The molecule has 2 aromatic rings. The van der Waals surface area contributed by atoms with E-state index in [1.807, 2.05) is 0 Å². The van der Waals surface area contributed by atoms with Gasteiger partial charge in [-0.3, -0.25) is 0 Å². The summed E-state index contributed by atoms with van der Waals surface area (Å²) in [7, 11) is 1.47. The maximum Gasteiger partial charge on any atom is 0.416 e. The number of alkyl halides is 3. The van der Waals surface area contributed by atoms with Gasteiger partial charge in [0.2, 0.25) is 0 Å². The molecule has 3 nitrogen and oxygen atoms in total. The zero-order chi connectivity index (χ0) is 15.6. The minimum Gasteiger partial charge on any atom is -0.373 e. The molecular formula is C14H13F4N3. The zero-order valence-electron chi connectivity index (χ0n) is 11.3. The van der Waals surface area contributed by atoms with Gasteiger partial charge in [-0.05, 0) is 36.8 Å². The lowest BCUT2D eigenvalue weighted by Crippen LogP contribution is -2.08. The third-order valence-electron chi connectivity index (χ3n) is 2.85. The Morgan fingerprint density at radius 1 is 1.05 bits per heavy atom. The molecule has 0 aliphatic carbocycles. The van der Waals surface area contributed by atoms with E-state index in [1.165, 1.54) is 19.2 Å². The number of aryl methyl sites for hydroxylation is 1. The number of hydrogen-bond acceptors (Lipinski definition) is 3. The van der Waals surface area contributed by atoms with Crippen LogP contribution in [0.1, 0.15) is 11.1 Å². The summed E-state index contributed by atoms with van der Waals surface area (Å²) in [4.78, 5) is 3.97. The van der Waals surface area contributed by atoms with Gasteiger partial charge in [0.15, 0.2) is 0 Å². The summed E-state index contributed by atoms with van der Waals surface area (Å²) >= 11 is 0. The summed E-state index contributed by atoms with van der Waals surface area (Å²) in [6.45, 7) is 1.60. The van der Waals surface area contributed by atoms with Gasteiger partial charge in [0.25, 0.3) is 0 Å². The van der Waals surface area contributed by atoms with Crippen LogP contribution >= 0.6 is 0 Å². The van der Waals surface area contributed by atoms with Crippen molar-refractivity contribution in [2.45, 2.75) is 13.1 Å². The quantitative estimate of drug-likeness (QED) is 0.828. The van der Waals surface area contributed by atoms with Gasteiger partial charge in [0.05, 0.1) is 5.56 Å². The first kappa shape index (κ1) is 15.1. The van der Waals surface area contributed by atoms with Crippen molar-refractivity contribution < 1.29 is 17.6 Å². The minimum atomic E-state index is -4.48. The normalized spacial score (nSPS) is 11.3. The fraction of sp³-hybridized carbons (Fsp3) is 0.214. The van der Waals surface area contributed by atoms with Crippen molar-refractivity contribution in [1.82, 2.24) is 4.98 Å². The van der Waals surface area contributed by atoms with Crippen LogP contribution in [-0.2, 0) is 6.18 Å². The monoisotopic (exact) mass is 299 g/mol. The number of rotatable bonds is 3. The van der Waals surface area contributed by atoms with Gasteiger partial charge in [-0.2, -0.15) is 13.2 Å². The standard InChI is InChI=1S/C14H13F4N3/c1-8-3-4-10(7-11(8)15)20-13-6-9(14(16,17)18)5-12(19-2)21-13/h3-7H,1-2H3,(H2,19,20,21). The molecule has 1 aromatic heterocycles. The van der Waals surface area contributed by atoms with E-state index in [1.54, 1.807) is 13.0 Å². The highest BCUT2D eigenvalue weighted by Gasteiger charge is 2.31. The third kappa shape index (κ3) is 3.62. The molecule has 0 radical (unpaired) electrons. The van der Waals surface area contributed by atoms with Crippen LogP contribution in [0, 0.1) is 12.7 Å². The van der Waals surface area contributed by atoms with E-state index in [0.29, 0.717) is 11.3 Å². The lowest BCUT2D eigenvalue weighted by Gasteiger charge is -2.13. The highest BCUT2D eigenvalue weighted by atomic mass is 19.4. The van der Waals surface area contributed by atoms with Crippen molar-refractivity contribution in [3.8, 4) is 0 Å². The zero-order valence-corrected chi connectivity index (χ0v) is 11.3. The number of benzene rings is 1. The van der Waals surface area contributed by atoms with E-state index in [2.05, 4.69) is 15.6 Å². The largest absolute Gasteiger partial charge is 0.416 e. The Morgan fingerprint density at radius 2 is 1.71 bits per heavy atom. The van der Waals surface area contributed by atoms with E-state index < -0.39 is 17.6 Å². The van der Waals surface area contributed by atoms with Gasteiger partial charge < -0.3 is 10.6 Å². The summed E-state index contributed by atoms with van der Waals surface area (Å²) in [5.41, 5.74) is -0.0580. The number of nitrogens with one attached hydrogen (secondary N) is 2. The summed E-state index contributed by atoms with van der Waals surface area (Å²) in [6, 6.07) is 6.08. The van der Waals surface area contributed by atoms with Gasteiger partial charge >= 0.3 is 6.18 Å². The van der Waals surface area contributed by atoms with Gasteiger partial charge in [-0.15, -0.1) is 0 Å². The molecule has 0 aliphatic rings.